The van der Waals surface area contributed by atoms with E-state index >= 15 is 28.8 Å². The molecular weight excluding hydrogens is 1350 g/mol. The van der Waals surface area contributed by atoms with Crippen LogP contribution in [-0.2, 0) is 89.6 Å². The van der Waals surface area contributed by atoms with Crippen LogP contribution in [0.25, 0.3) is 21.8 Å². The minimum Gasteiger partial charge on any atom is -0.388 e. The zero-order chi connectivity index (χ0) is 73.7. The normalized spacial score (nSPS) is 25.1. The number of fused-ring (bicyclic) bond motifs is 7. The van der Waals surface area contributed by atoms with Crippen LogP contribution in [0.1, 0.15) is 107 Å². The lowest BCUT2D eigenvalue weighted by Gasteiger charge is -2.27. The van der Waals surface area contributed by atoms with Crippen molar-refractivity contribution >= 4 is 120 Å². The molecule has 8 amide bonds. The van der Waals surface area contributed by atoms with Crippen molar-refractivity contribution in [2.24, 2.45) is 29.4 Å². The quantitative estimate of drug-likeness (QED) is 0.0276. The maximum absolute atomic E-state index is 15.6. The first-order chi connectivity index (χ1) is 49.5. The number of carbonyl (C=O) groups is 12. The van der Waals surface area contributed by atoms with Crippen LogP contribution in [0.4, 0.5) is 0 Å². The molecule has 3 aromatic heterocycles. The molecule has 5 heterocycles. The number of nitrogens with one attached hydrogen (secondary N) is 12. The number of aromatic amines is 3. The predicted octanol–water partition coefficient (Wildman–Crippen LogP) is 5.05. The van der Waals surface area contributed by atoms with Gasteiger partial charge in [-0.05, 0) is 67.5 Å². The van der Waals surface area contributed by atoms with Gasteiger partial charge in [-0.3, -0.25) is 62.9 Å². The number of unbranched alkanes of at least 4 members (excludes halogenated alkanes) is 1. The Bertz CT molecular complexity index is 4190. The molecule has 14 N–H and O–H groups in total. The third-order valence-electron chi connectivity index (χ3n) is 18.7. The van der Waals surface area contributed by atoms with E-state index in [-0.39, 0.29) is 75.1 Å². The first kappa shape index (κ1) is 76.9. The molecule has 9 rings (SSSR count). The number of para-hydroxylation sites is 2. The number of aromatic nitrogens is 4. The SMILES string of the molecule is C[C@@H]1CC(=O)[C@@H]2CSSC[C@H](NC(=O)[C@H](Cc3c[nH]c4ccccc34)NC(=O)[C@H](C)NC(=O)[C@@H](Cc3ccccc3)NC(=O)[C@H](C)CC1=O)C(=O)N[C@@H](C)C(=O)N[C@@H](Cc1c[nH]cn1)C(=O)N[C@H](Cc1ccccc1)C(=O)N[C@@H](CCCCC(=N)N)C(=O)C[C@@H](Cc1c[nH]c3ccccc13)C(=O)C2. The van der Waals surface area contributed by atoms with E-state index in [4.69, 9.17) is 11.1 Å². The Kier molecular flexibility index (Phi) is 27.7. The third-order valence-corrected chi connectivity index (χ3v) is 21.2. The maximum atomic E-state index is 15.6. The van der Waals surface area contributed by atoms with E-state index in [0.717, 1.165) is 38.0 Å². The lowest BCUT2D eigenvalue weighted by Crippen LogP contribution is -2.60. The van der Waals surface area contributed by atoms with Crippen molar-refractivity contribution in [1.82, 2.24) is 62.5 Å². The Morgan fingerprint density at radius 1 is 0.447 bits per heavy atom. The van der Waals surface area contributed by atoms with E-state index in [0.29, 0.717) is 46.2 Å². The minimum absolute atomic E-state index is 0.00349. The number of nitrogens with zero attached hydrogens (tertiary/aromatic N) is 1. The summed E-state index contributed by atoms with van der Waals surface area (Å²) in [5, 5.41) is 31.6. The zero-order valence-electron chi connectivity index (χ0n) is 58.0. The summed E-state index contributed by atoms with van der Waals surface area (Å²) in [6.45, 7) is 5.82. The van der Waals surface area contributed by atoms with Gasteiger partial charge in [0.25, 0.3) is 0 Å². The number of amides is 8. The van der Waals surface area contributed by atoms with E-state index in [1.54, 1.807) is 86.0 Å². The standard InChI is InChI=1S/C75H90N14O12S2/c1-42-27-64(91)51-34-65(92)48(31-49-36-79-55-23-13-11-21-53(49)55)33-66(93)57(25-15-16-26-67(76)77)84-72(98)59(30-47-19-9-6-10-20-47)88-74(100)61(35-52-38-78-41-81-52)87-70(96)45(4)83-75(101)62(40-103-102-39-51)89-73(99)60(32-50-37-80-56-24-14-12-22-54(50)56)86-69(95)44(3)82-71(97)58(29-46-17-7-5-8-18-46)85-68(94)43(2)28-63(42)90/h5-14,17-24,36-38,41-45,48,51,57-62,79-80H,15-16,25-35,39-40H2,1-4H3,(H3,76,77)(H,78,81)(H,82,97)(H,83,101)(H,84,98)(H,85,94)(H,86,95)(H,87,96)(H,88,100)(H,89,99)/t42-,43-,44+,45+,48-,51+,57+,58-,59-,60+,61+,62+/m1/s1. The van der Waals surface area contributed by atoms with Crippen LogP contribution in [0.15, 0.2) is 134 Å². The Labute approximate surface area is 604 Å². The average Bonchev–Trinajstić information content (AvgIpc) is 1.74. The zero-order valence-corrected chi connectivity index (χ0v) is 59.6. The number of Topliss-reactive ketones (excluding diaryl/α,β-unsaturated/α-hetero) is 4. The number of amidine groups is 1. The summed E-state index contributed by atoms with van der Waals surface area (Å²) in [5.74, 6) is -13.2. The van der Waals surface area contributed by atoms with Crippen molar-refractivity contribution in [3.05, 3.63) is 162 Å². The number of nitrogens with two attached hydrogens (primary N) is 1. The molecule has 2 aliphatic rings. The number of ketones is 4. The van der Waals surface area contributed by atoms with Gasteiger partial charge in [0.1, 0.15) is 59.6 Å². The molecule has 2 aliphatic heterocycles. The highest BCUT2D eigenvalue weighted by Gasteiger charge is 2.38. The molecular formula is C75H90N14O12S2. The number of carbonyl (C=O) groups excluding carboxylic acids is 12. The monoisotopic (exact) mass is 1440 g/mol. The first-order valence-corrected chi connectivity index (χ1v) is 37.2. The van der Waals surface area contributed by atoms with Crippen molar-refractivity contribution in [3.63, 3.8) is 0 Å². The lowest BCUT2D eigenvalue weighted by atomic mass is 9.82. The maximum Gasteiger partial charge on any atom is 0.244 e. The van der Waals surface area contributed by atoms with E-state index in [9.17, 15) is 28.8 Å². The number of H-pyrrole nitrogens is 3. The van der Waals surface area contributed by atoms with Gasteiger partial charge in [0.05, 0.1) is 23.9 Å². The fourth-order valence-corrected chi connectivity index (χ4v) is 15.2. The second-order valence-corrected chi connectivity index (χ2v) is 29.4. The highest BCUT2D eigenvalue weighted by Crippen LogP contribution is 2.32. The molecule has 544 valence electrons. The Hall–Kier alpha value is -10.2. The minimum atomic E-state index is -1.52. The molecule has 0 spiro atoms. The molecule has 12 atom stereocenters. The molecule has 4 aromatic carbocycles. The van der Waals surface area contributed by atoms with Gasteiger partial charge in [0.15, 0.2) is 5.78 Å². The van der Waals surface area contributed by atoms with Gasteiger partial charge < -0.3 is 63.2 Å². The highest BCUT2D eigenvalue weighted by molar-refractivity contribution is 8.76. The van der Waals surface area contributed by atoms with Crippen molar-refractivity contribution in [3.8, 4) is 0 Å². The molecule has 2 bridgehead atoms. The van der Waals surface area contributed by atoms with Crippen LogP contribution in [0.3, 0.4) is 0 Å². The third kappa shape index (κ3) is 22.1. The summed E-state index contributed by atoms with van der Waals surface area (Å²) in [6.07, 6.45) is 5.07. The second-order valence-electron chi connectivity index (χ2n) is 26.8. The van der Waals surface area contributed by atoms with Gasteiger partial charge in [-0.25, -0.2) is 4.98 Å². The van der Waals surface area contributed by atoms with Gasteiger partial charge >= 0.3 is 0 Å². The lowest BCUT2D eigenvalue weighted by molar-refractivity contribution is -0.136. The summed E-state index contributed by atoms with van der Waals surface area (Å²) in [7, 11) is 2.13. The highest BCUT2D eigenvalue weighted by atomic mass is 33.1. The summed E-state index contributed by atoms with van der Waals surface area (Å²) in [6, 6.07) is 21.1. The first-order valence-electron chi connectivity index (χ1n) is 34.7. The van der Waals surface area contributed by atoms with Crippen LogP contribution in [0.5, 0.6) is 0 Å². The largest absolute Gasteiger partial charge is 0.388 e. The number of imidazole rings is 1. The molecule has 0 radical (unpaired) electrons. The van der Waals surface area contributed by atoms with Gasteiger partial charge in [0.2, 0.25) is 47.3 Å². The molecule has 103 heavy (non-hydrogen) atoms. The molecule has 28 heteroatoms. The molecule has 7 aromatic rings. The van der Waals surface area contributed by atoms with Gasteiger partial charge in [-0.1, -0.05) is 139 Å². The molecule has 2 saturated heterocycles. The van der Waals surface area contributed by atoms with Crippen LogP contribution < -0.4 is 48.3 Å². The van der Waals surface area contributed by atoms with Crippen LogP contribution in [0, 0.1) is 29.1 Å². The Morgan fingerprint density at radius 2 is 0.932 bits per heavy atom. The van der Waals surface area contributed by atoms with Crippen LogP contribution in [0.2, 0.25) is 0 Å². The molecule has 26 nitrogen and oxygen atoms in total. The molecule has 0 unspecified atom stereocenters. The van der Waals surface area contributed by atoms with E-state index in [1.807, 2.05) is 42.5 Å². The number of hydrogen-bond acceptors (Lipinski definition) is 16. The van der Waals surface area contributed by atoms with Crippen molar-refractivity contribution in [2.75, 3.05) is 11.5 Å². The number of rotatable bonds is 15. The summed E-state index contributed by atoms with van der Waals surface area (Å²) in [5.41, 5.74) is 10.1. The molecule has 2 fully saturated rings. The van der Waals surface area contributed by atoms with Gasteiger partial charge in [0, 0.05) is 133 Å². The fraction of sp³-hybridized carbons (Fsp3) is 0.413. The molecule has 0 aliphatic carbocycles. The van der Waals surface area contributed by atoms with Crippen molar-refractivity contribution in [1.29, 1.82) is 5.41 Å². The summed E-state index contributed by atoms with van der Waals surface area (Å²) >= 11 is 0. The fourth-order valence-electron chi connectivity index (χ4n) is 12.7. The summed E-state index contributed by atoms with van der Waals surface area (Å²) < 4.78 is 0. The predicted molar refractivity (Wildman–Crippen MR) is 392 cm³/mol. The van der Waals surface area contributed by atoms with E-state index < -0.39 is 155 Å². The number of hydrogen-bond donors (Lipinski definition) is 13. The van der Waals surface area contributed by atoms with Crippen molar-refractivity contribution in [2.45, 2.75) is 160 Å². The van der Waals surface area contributed by atoms with Gasteiger partial charge in [-0.15, -0.1) is 0 Å². The van der Waals surface area contributed by atoms with E-state index in [2.05, 4.69) is 62.5 Å². The Morgan fingerprint density at radius 3 is 1.51 bits per heavy atom. The summed E-state index contributed by atoms with van der Waals surface area (Å²) in [4.78, 5) is 192. The second kappa shape index (κ2) is 37.1. The topological polar surface area (TPSA) is 411 Å². The Balaban J connectivity index is 1.13. The van der Waals surface area contributed by atoms with Crippen LogP contribution in [-0.4, -0.2) is 156 Å². The average molecular weight is 1440 g/mol. The van der Waals surface area contributed by atoms with Crippen LogP contribution >= 0.6 is 21.6 Å². The molecule has 0 saturated carbocycles. The van der Waals surface area contributed by atoms with Crippen molar-refractivity contribution < 1.29 is 57.5 Å². The van der Waals surface area contributed by atoms with E-state index in [1.165, 1.54) is 33.3 Å². The van der Waals surface area contributed by atoms with Gasteiger partial charge in [-0.2, -0.15) is 0 Å². The smallest absolute Gasteiger partial charge is 0.244 e. The number of benzene rings is 4.